The fourth-order valence-corrected chi connectivity index (χ4v) is 3.85. The van der Waals surface area contributed by atoms with Crippen LogP contribution in [0.5, 0.6) is 0 Å². The van der Waals surface area contributed by atoms with Crippen molar-refractivity contribution in [2.45, 2.75) is 0 Å². The Kier molecular flexibility index (Phi) is 3.96. The number of hydrogen-bond donors (Lipinski definition) is 0. The topological polar surface area (TPSA) is 39.1 Å². The third-order valence-corrected chi connectivity index (χ3v) is 5.07. The van der Waals surface area contributed by atoms with Gasteiger partial charge in [-0.25, -0.2) is 16.8 Å². The minimum Gasteiger partial charge on any atom is -0.240 e. The Morgan fingerprint density at radius 3 is 2.65 bits per heavy atom. The van der Waals surface area contributed by atoms with Gasteiger partial charge in [0.25, 0.3) is 10.0 Å². The summed E-state index contributed by atoms with van der Waals surface area (Å²) in [5.74, 6) is -0.432. The van der Waals surface area contributed by atoms with Crippen molar-refractivity contribution in [2.24, 2.45) is 0 Å². The van der Waals surface area contributed by atoms with Gasteiger partial charge in [-0.1, -0.05) is 19.2 Å². The van der Waals surface area contributed by atoms with E-state index in [-0.39, 0.29) is 4.91 Å². The predicted octanol–water partition coefficient (Wildman–Crippen LogP) is 3.98. The fourth-order valence-electron chi connectivity index (χ4n) is 1.82. The second-order valence-corrected chi connectivity index (χ2v) is 6.62. The van der Waals surface area contributed by atoms with Crippen LogP contribution in [0.1, 0.15) is 0 Å². The van der Waals surface area contributed by atoms with Crippen LogP contribution in [0.25, 0.3) is 10.9 Å². The van der Waals surface area contributed by atoms with Crippen LogP contribution in [-0.4, -0.2) is 12.4 Å². The van der Waals surface area contributed by atoms with Crippen LogP contribution in [0.4, 0.5) is 4.39 Å². The molecule has 2 aromatic rings. The zero-order valence-electron chi connectivity index (χ0n) is 10.4. The van der Waals surface area contributed by atoms with Gasteiger partial charge in [-0.05, 0) is 46.3 Å². The lowest BCUT2D eigenvalue weighted by Gasteiger charge is -2.07. The van der Waals surface area contributed by atoms with Crippen LogP contribution < -0.4 is 0 Å². The van der Waals surface area contributed by atoms with E-state index in [1.807, 2.05) is 0 Å². The lowest BCUT2D eigenvalue weighted by atomic mass is 10.2. The molecule has 0 bridgehead atoms. The van der Waals surface area contributed by atoms with Crippen molar-refractivity contribution in [3.8, 4) is 0 Å². The summed E-state index contributed by atoms with van der Waals surface area (Å²) in [6.07, 6.45) is 5.35. The molecule has 1 aromatic heterocycles. The molecule has 6 heteroatoms. The van der Waals surface area contributed by atoms with Crippen molar-refractivity contribution >= 4 is 36.9 Å². The maximum Gasteiger partial charge on any atom is 0.268 e. The largest absolute Gasteiger partial charge is 0.268 e. The van der Waals surface area contributed by atoms with E-state index in [4.69, 9.17) is 0 Å². The van der Waals surface area contributed by atoms with Crippen molar-refractivity contribution < 1.29 is 12.8 Å². The molecular formula is C14H11BrFNO2S. The van der Waals surface area contributed by atoms with Crippen LogP contribution >= 0.6 is 15.9 Å². The second-order valence-electron chi connectivity index (χ2n) is 3.95. The van der Waals surface area contributed by atoms with Crippen molar-refractivity contribution in [1.29, 1.82) is 0 Å². The number of allylic oxidation sites excluding steroid dienone is 3. The zero-order chi connectivity index (χ0) is 14.9. The number of halogens is 2. The zero-order valence-corrected chi connectivity index (χ0v) is 12.8. The molecule has 0 saturated heterocycles. The Balaban J connectivity index is 2.79. The first-order valence-corrected chi connectivity index (χ1v) is 7.82. The molecule has 2 rings (SSSR count). The van der Waals surface area contributed by atoms with Gasteiger partial charge in [0, 0.05) is 16.1 Å². The molecule has 104 valence electrons. The van der Waals surface area contributed by atoms with Crippen molar-refractivity contribution in [2.75, 3.05) is 0 Å². The van der Waals surface area contributed by atoms with Gasteiger partial charge < -0.3 is 0 Å². The summed E-state index contributed by atoms with van der Waals surface area (Å²) in [7, 11) is -3.80. The summed E-state index contributed by atoms with van der Waals surface area (Å²) < 4.78 is 39.9. The van der Waals surface area contributed by atoms with Crippen LogP contribution in [0.3, 0.4) is 0 Å². The summed E-state index contributed by atoms with van der Waals surface area (Å²) in [5, 5.41) is 0.482. The van der Waals surface area contributed by atoms with Crippen LogP contribution in [0, 0.1) is 5.82 Å². The molecule has 0 N–H and O–H groups in total. The molecule has 0 atom stereocenters. The maximum absolute atomic E-state index is 13.2. The quantitative estimate of drug-likeness (QED) is 0.778. The molecular weight excluding hydrogens is 345 g/mol. The predicted molar refractivity (Wildman–Crippen MR) is 82.4 cm³/mol. The van der Waals surface area contributed by atoms with Gasteiger partial charge >= 0.3 is 0 Å². The van der Waals surface area contributed by atoms with Crippen molar-refractivity contribution in [1.82, 2.24) is 3.97 Å². The molecule has 0 unspecified atom stereocenters. The average Bonchev–Trinajstić information content (AvgIpc) is 2.73. The molecule has 1 heterocycles. The fraction of sp³-hybridized carbons (Fsp3) is 0. The molecule has 0 saturated carbocycles. The van der Waals surface area contributed by atoms with Crippen LogP contribution in [0.2, 0.25) is 0 Å². The van der Waals surface area contributed by atoms with Gasteiger partial charge in [-0.15, -0.1) is 0 Å². The molecule has 0 amide bonds. The van der Waals surface area contributed by atoms with Crippen LogP contribution in [0.15, 0.2) is 65.2 Å². The number of benzene rings is 1. The van der Waals surface area contributed by atoms with Crippen molar-refractivity contribution in [3.63, 3.8) is 0 Å². The molecule has 0 aliphatic heterocycles. The highest BCUT2D eigenvalue weighted by Crippen LogP contribution is 2.30. The Hall–Kier alpha value is -1.66. The van der Waals surface area contributed by atoms with E-state index in [0.29, 0.717) is 15.4 Å². The lowest BCUT2D eigenvalue weighted by molar-refractivity contribution is 0.596. The van der Waals surface area contributed by atoms with E-state index in [0.717, 1.165) is 3.97 Å². The standard InChI is InChI=1S/C14H11BrFNO2S/c1-3-5-11(4-2)20(18,19)17-9-13(15)12-8-10(16)6-7-14(12)17/h3-9H,1-2H2/b11-5+. The third-order valence-electron chi connectivity index (χ3n) is 2.72. The summed E-state index contributed by atoms with van der Waals surface area (Å²) in [4.78, 5) is 0.0150. The molecule has 0 aliphatic rings. The maximum atomic E-state index is 13.2. The lowest BCUT2D eigenvalue weighted by Crippen LogP contribution is -2.12. The highest BCUT2D eigenvalue weighted by atomic mass is 79.9. The van der Waals surface area contributed by atoms with E-state index in [1.54, 1.807) is 0 Å². The SMILES string of the molecule is C=C/C=C(\C=C)S(=O)(=O)n1cc(Br)c2cc(F)ccc21. The molecule has 20 heavy (non-hydrogen) atoms. The van der Waals surface area contributed by atoms with Gasteiger partial charge in [-0.3, -0.25) is 0 Å². The number of hydrogen-bond acceptors (Lipinski definition) is 2. The van der Waals surface area contributed by atoms with Gasteiger partial charge in [0.15, 0.2) is 0 Å². The summed E-state index contributed by atoms with van der Waals surface area (Å²) in [5.41, 5.74) is 0.384. The Bertz CT molecular complexity index is 834. The molecule has 0 fully saturated rings. The molecule has 0 spiro atoms. The Morgan fingerprint density at radius 2 is 2.05 bits per heavy atom. The average molecular weight is 356 g/mol. The summed E-state index contributed by atoms with van der Waals surface area (Å²) in [6.45, 7) is 6.97. The molecule has 1 aromatic carbocycles. The molecule has 3 nitrogen and oxygen atoms in total. The smallest absolute Gasteiger partial charge is 0.240 e. The van der Waals surface area contributed by atoms with Gasteiger partial charge in [0.2, 0.25) is 0 Å². The number of nitrogens with zero attached hydrogens (tertiary/aromatic N) is 1. The Labute approximate surface area is 124 Å². The van der Waals surface area contributed by atoms with E-state index < -0.39 is 15.8 Å². The minimum atomic E-state index is -3.80. The van der Waals surface area contributed by atoms with Gasteiger partial charge in [0.1, 0.15) is 5.82 Å². The number of aromatic nitrogens is 1. The van der Waals surface area contributed by atoms with Crippen LogP contribution in [-0.2, 0) is 10.0 Å². The van der Waals surface area contributed by atoms with Gasteiger partial charge in [-0.2, -0.15) is 0 Å². The summed E-state index contributed by atoms with van der Waals surface area (Å²) >= 11 is 3.24. The monoisotopic (exact) mass is 355 g/mol. The minimum absolute atomic E-state index is 0.0150. The summed E-state index contributed by atoms with van der Waals surface area (Å²) in [6, 6.07) is 3.91. The second kappa shape index (κ2) is 5.38. The van der Waals surface area contributed by atoms with E-state index in [2.05, 4.69) is 29.1 Å². The third kappa shape index (κ3) is 2.36. The first-order valence-electron chi connectivity index (χ1n) is 5.58. The molecule has 0 aliphatic carbocycles. The van der Waals surface area contributed by atoms with E-state index in [1.165, 1.54) is 42.6 Å². The van der Waals surface area contributed by atoms with E-state index >= 15 is 0 Å². The normalized spacial score (nSPS) is 12.6. The number of rotatable bonds is 4. The Morgan fingerprint density at radius 1 is 1.35 bits per heavy atom. The molecule has 0 radical (unpaired) electrons. The number of fused-ring (bicyclic) bond motifs is 1. The van der Waals surface area contributed by atoms with Gasteiger partial charge in [0.05, 0.1) is 10.4 Å². The van der Waals surface area contributed by atoms with Crippen molar-refractivity contribution in [3.05, 3.63) is 71.0 Å². The highest BCUT2D eigenvalue weighted by molar-refractivity contribution is 9.10. The van der Waals surface area contributed by atoms with E-state index in [9.17, 15) is 12.8 Å². The first kappa shape index (κ1) is 14.7. The highest BCUT2D eigenvalue weighted by Gasteiger charge is 2.21. The first-order chi connectivity index (χ1) is 9.41.